The second kappa shape index (κ2) is 8.15. The molecule has 0 aromatic heterocycles. The molecule has 1 atom stereocenters. The van der Waals surface area contributed by atoms with Crippen LogP contribution in [-0.4, -0.2) is 24.5 Å². The maximum atomic E-state index is 2.66. The molecule has 0 aromatic rings. The Balaban J connectivity index is 1.87. The Hall–Kier alpha value is -0.0400. The Morgan fingerprint density at radius 3 is 2.40 bits per heavy atom. The molecule has 0 bridgehead atoms. The molecule has 0 spiro atoms. The molecule has 0 saturated carbocycles. The summed E-state index contributed by atoms with van der Waals surface area (Å²) in [4.78, 5) is 2.66. The molecule has 0 amide bonds. The van der Waals surface area contributed by atoms with Crippen LogP contribution in [0.1, 0.15) is 65.2 Å². The molecule has 0 N–H and O–H groups in total. The van der Waals surface area contributed by atoms with E-state index in [1.165, 1.54) is 71.0 Å². The molecule has 0 aliphatic carbocycles. The van der Waals surface area contributed by atoms with E-state index in [2.05, 4.69) is 18.7 Å². The van der Waals surface area contributed by atoms with Gasteiger partial charge >= 0.3 is 0 Å². The van der Waals surface area contributed by atoms with E-state index in [-0.39, 0.29) is 0 Å². The Kier molecular flexibility index (Phi) is 7.08. The molecule has 1 heteroatoms. The molecule has 15 heavy (non-hydrogen) atoms. The monoisotopic (exact) mass is 211 g/mol. The second-order valence-electron chi connectivity index (χ2n) is 5.27. The first-order valence-electron chi connectivity index (χ1n) is 7.05. The van der Waals surface area contributed by atoms with Crippen LogP contribution in [0.25, 0.3) is 0 Å². The minimum absolute atomic E-state index is 0.944. The molecule has 1 unspecified atom stereocenters. The van der Waals surface area contributed by atoms with E-state index in [9.17, 15) is 0 Å². The third-order valence-corrected chi connectivity index (χ3v) is 3.82. The molecule has 1 heterocycles. The predicted molar refractivity (Wildman–Crippen MR) is 68.2 cm³/mol. The van der Waals surface area contributed by atoms with Gasteiger partial charge in [0.25, 0.3) is 0 Å². The highest BCUT2D eigenvalue weighted by Crippen LogP contribution is 2.14. The van der Waals surface area contributed by atoms with Gasteiger partial charge in [-0.15, -0.1) is 0 Å². The van der Waals surface area contributed by atoms with Gasteiger partial charge in [0.2, 0.25) is 0 Å². The summed E-state index contributed by atoms with van der Waals surface area (Å²) in [5, 5.41) is 0. The van der Waals surface area contributed by atoms with Crippen molar-refractivity contribution in [3.63, 3.8) is 0 Å². The number of piperidine rings is 1. The van der Waals surface area contributed by atoms with E-state index in [1.54, 1.807) is 0 Å². The Labute approximate surface area is 96.2 Å². The molecule has 0 radical (unpaired) electrons. The van der Waals surface area contributed by atoms with Gasteiger partial charge in [-0.25, -0.2) is 0 Å². The van der Waals surface area contributed by atoms with Gasteiger partial charge in [0.05, 0.1) is 0 Å². The van der Waals surface area contributed by atoms with Crippen LogP contribution in [0.4, 0.5) is 0 Å². The molecular formula is C14H29N. The first kappa shape index (κ1) is 13.0. The Morgan fingerprint density at radius 2 is 1.73 bits per heavy atom. The fourth-order valence-electron chi connectivity index (χ4n) is 2.39. The van der Waals surface area contributed by atoms with E-state index in [0.29, 0.717) is 0 Å². The lowest BCUT2D eigenvalue weighted by atomic mass is 10.0. The van der Waals surface area contributed by atoms with Crippen molar-refractivity contribution in [2.45, 2.75) is 65.2 Å². The highest BCUT2D eigenvalue weighted by atomic mass is 15.1. The van der Waals surface area contributed by atoms with Gasteiger partial charge < -0.3 is 4.90 Å². The maximum Gasteiger partial charge on any atom is -0.00187 e. The minimum Gasteiger partial charge on any atom is -0.303 e. The summed E-state index contributed by atoms with van der Waals surface area (Å²) < 4.78 is 0. The standard InChI is InChI=1S/C14H29N/c1-3-14(2)10-6-4-7-11-15-12-8-5-9-13-15/h14H,3-13H2,1-2H3. The van der Waals surface area contributed by atoms with E-state index < -0.39 is 0 Å². The van der Waals surface area contributed by atoms with Crippen LogP contribution in [0.15, 0.2) is 0 Å². The fraction of sp³-hybridized carbons (Fsp3) is 1.00. The lowest BCUT2D eigenvalue weighted by Crippen LogP contribution is -2.30. The van der Waals surface area contributed by atoms with Crippen LogP contribution in [0, 0.1) is 5.92 Å². The summed E-state index contributed by atoms with van der Waals surface area (Å²) in [5.41, 5.74) is 0. The van der Waals surface area contributed by atoms with Crippen LogP contribution in [0.2, 0.25) is 0 Å². The number of hydrogen-bond acceptors (Lipinski definition) is 1. The van der Waals surface area contributed by atoms with E-state index in [4.69, 9.17) is 0 Å². The normalized spacial score (nSPS) is 20.4. The molecule has 1 fully saturated rings. The lowest BCUT2D eigenvalue weighted by molar-refractivity contribution is 0.223. The summed E-state index contributed by atoms with van der Waals surface area (Å²) in [6.07, 6.45) is 11.5. The van der Waals surface area contributed by atoms with Crippen LogP contribution >= 0.6 is 0 Å². The average molecular weight is 211 g/mol. The lowest BCUT2D eigenvalue weighted by Gasteiger charge is -2.26. The summed E-state index contributed by atoms with van der Waals surface area (Å²) in [6, 6.07) is 0. The van der Waals surface area contributed by atoms with E-state index in [0.717, 1.165) is 5.92 Å². The third kappa shape index (κ3) is 6.19. The fourth-order valence-corrected chi connectivity index (χ4v) is 2.39. The van der Waals surface area contributed by atoms with Gasteiger partial charge in [-0.05, 0) is 44.8 Å². The number of rotatable bonds is 7. The first-order chi connectivity index (χ1) is 7.33. The second-order valence-corrected chi connectivity index (χ2v) is 5.27. The number of unbranched alkanes of at least 4 members (excludes halogenated alkanes) is 2. The summed E-state index contributed by atoms with van der Waals surface area (Å²) in [5.74, 6) is 0.944. The maximum absolute atomic E-state index is 2.66. The molecule has 1 saturated heterocycles. The van der Waals surface area contributed by atoms with E-state index >= 15 is 0 Å². The van der Waals surface area contributed by atoms with Gasteiger partial charge in [0, 0.05) is 0 Å². The van der Waals surface area contributed by atoms with Crippen molar-refractivity contribution in [3.05, 3.63) is 0 Å². The molecule has 1 aliphatic rings. The van der Waals surface area contributed by atoms with Crippen LogP contribution in [0.5, 0.6) is 0 Å². The van der Waals surface area contributed by atoms with Gasteiger partial charge in [-0.3, -0.25) is 0 Å². The molecule has 1 aliphatic heterocycles. The quantitative estimate of drug-likeness (QED) is 0.574. The predicted octanol–water partition coefficient (Wildman–Crippen LogP) is 4.08. The summed E-state index contributed by atoms with van der Waals surface area (Å²) >= 11 is 0. The summed E-state index contributed by atoms with van der Waals surface area (Å²) in [6.45, 7) is 8.78. The SMILES string of the molecule is CCC(C)CCCCCN1CCCCC1. The summed E-state index contributed by atoms with van der Waals surface area (Å²) in [7, 11) is 0. The van der Waals surface area contributed by atoms with E-state index in [1.807, 2.05) is 0 Å². The minimum atomic E-state index is 0.944. The average Bonchev–Trinajstić information content (AvgIpc) is 2.29. The van der Waals surface area contributed by atoms with Crippen molar-refractivity contribution < 1.29 is 0 Å². The number of hydrogen-bond donors (Lipinski definition) is 0. The van der Waals surface area contributed by atoms with Crippen molar-refractivity contribution in [2.24, 2.45) is 5.92 Å². The Bertz CT molecular complexity index is 138. The zero-order valence-corrected chi connectivity index (χ0v) is 10.8. The third-order valence-electron chi connectivity index (χ3n) is 3.82. The van der Waals surface area contributed by atoms with Crippen molar-refractivity contribution in [3.8, 4) is 0 Å². The largest absolute Gasteiger partial charge is 0.303 e. The molecule has 1 nitrogen and oxygen atoms in total. The van der Waals surface area contributed by atoms with Crippen molar-refractivity contribution in [1.29, 1.82) is 0 Å². The first-order valence-corrected chi connectivity index (χ1v) is 7.05. The molecule has 90 valence electrons. The Morgan fingerprint density at radius 1 is 1.00 bits per heavy atom. The van der Waals surface area contributed by atoms with Crippen molar-refractivity contribution >= 4 is 0 Å². The topological polar surface area (TPSA) is 3.24 Å². The van der Waals surface area contributed by atoms with Gasteiger partial charge in [-0.2, -0.15) is 0 Å². The zero-order valence-electron chi connectivity index (χ0n) is 10.8. The highest BCUT2D eigenvalue weighted by Gasteiger charge is 2.08. The van der Waals surface area contributed by atoms with Crippen LogP contribution in [-0.2, 0) is 0 Å². The molecule has 1 rings (SSSR count). The van der Waals surface area contributed by atoms with Crippen LogP contribution in [0.3, 0.4) is 0 Å². The van der Waals surface area contributed by atoms with Crippen molar-refractivity contribution in [2.75, 3.05) is 19.6 Å². The number of nitrogens with zero attached hydrogens (tertiary/aromatic N) is 1. The van der Waals surface area contributed by atoms with Crippen molar-refractivity contribution in [1.82, 2.24) is 4.90 Å². The smallest absolute Gasteiger partial charge is 0.00187 e. The zero-order chi connectivity index (χ0) is 10.9. The van der Waals surface area contributed by atoms with Gasteiger partial charge in [0.1, 0.15) is 0 Å². The number of likely N-dealkylation sites (tertiary alicyclic amines) is 1. The van der Waals surface area contributed by atoms with Crippen LogP contribution < -0.4 is 0 Å². The molecule has 0 aromatic carbocycles. The van der Waals surface area contributed by atoms with Gasteiger partial charge in [0.15, 0.2) is 0 Å². The highest BCUT2D eigenvalue weighted by molar-refractivity contribution is 4.64. The molecular weight excluding hydrogens is 182 g/mol. The van der Waals surface area contributed by atoms with Gasteiger partial charge in [-0.1, -0.05) is 46.0 Å².